The zero-order chi connectivity index (χ0) is 20.7. The summed E-state index contributed by atoms with van der Waals surface area (Å²) in [5.41, 5.74) is 0.823. The third-order valence-corrected chi connectivity index (χ3v) is 5.71. The lowest BCUT2D eigenvalue weighted by Gasteiger charge is -2.22. The molecule has 1 unspecified atom stereocenters. The number of nitrogens with zero attached hydrogens (tertiary/aromatic N) is 1. The van der Waals surface area contributed by atoms with Gasteiger partial charge in [0.2, 0.25) is 5.91 Å². The van der Waals surface area contributed by atoms with Crippen LogP contribution in [0.3, 0.4) is 0 Å². The molecule has 1 fully saturated rings. The predicted octanol–water partition coefficient (Wildman–Crippen LogP) is 3.69. The first-order valence-corrected chi connectivity index (χ1v) is 10.4. The molecule has 2 N–H and O–H groups in total. The molecular formula is C19H21ClN2O4S2. The van der Waals surface area contributed by atoms with E-state index < -0.39 is 12.0 Å². The van der Waals surface area contributed by atoms with Crippen molar-refractivity contribution in [3.8, 4) is 0 Å². The van der Waals surface area contributed by atoms with Gasteiger partial charge in [-0.25, -0.2) is 0 Å². The molecule has 1 atom stereocenters. The van der Waals surface area contributed by atoms with Gasteiger partial charge in [-0.1, -0.05) is 54.1 Å². The molecule has 0 bridgehead atoms. The average molecular weight is 441 g/mol. The number of thiocarbonyl (C=S) groups is 1. The van der Waals surface area contributed by atoms with Gasteiger partial charge in [-0.05, 0) is 43.5 Å². The van der Waals surface area contributed by atoms with Gasteiger partial charge in [-0.15, -0.1) is 0 Å². The lowest BCUT2D eigenvalue weighted by Crippen LogP contribution is -2.47. The van der Waals surface area contributed by atoms with Crippen LogP contribution in [-0.4, -0.2) is 44.7 Å². The van der Waals surface area contributed by atoms with Crippen LogP contribution >= 0.6 is 35.6 Å². The first kappa shape index (κ1) is 22.4. The minimum atomic E-state index is -0.821. The number of aliphatic carboxylic acids is 1. The highest BCUT2D eigenvalue weighted by molar-refractivity contribution is 8.26. The summed E-state index contributed by atoms with van der Waals surface area (Å²) in [7, 11) is 0. The van der Waals surface area contributed by atoms with Crippen LogP contribution in [-0.2, 0) is 14.4 Å². The van der Waals surface area contributed by atoms with E-state index in [-0.39, 0.29) is 18.2 Å². The second kappa shape index (κ2) is 10.6. The molecule has 6 nitrogen and oxygen atoms in total. The zero-order valence-electron chi connectivity index (χ0n) is 15.3. The predicted molar refractivity (Wildman–Crippen MR) is 115 cm³/mol. The summed E-state index contributed by atoms with van der Waals surface area (Å²) < 4.78 is 0.342. The molecule has 1 saturated heterocycles. The molecule has 0 saturated carbocycles. The molecule has 1 heterocycles. The normalized spacial score (nSPS) is 16.5. The van der Waals surface area contributed by atoms with Crippen LogP contribution in [0.5, 0.6) is 0 Å². The number of carboxylic acids is 1. The molecule has 2 amide bonds. The summed E-state index contributed by atoms with van der Waals surface area (Å²) >= 11 is 12.3. The molecule has 1 aromatic rings. The van der Waals surface area contributed by atoms with Crippen LogP contribution in [0.15, 0.2) is 29.2 Å². The van der Waals surface area contributed by atoms with Crippen molar-refractivity contribution in [2.24, 2.45) is 0 Å². The number of thioether (sulfide) groups is 1. The molecule has 0 spiro atoms. The monoisotopic (exact) mass is 440 g/mol. The number of amides is 2. The Balaban J connectivity index is 1.90. The van der Waals surface area contributed by atoms with Crippen LogP contribution in [0.2, 0.25) is 5.02 Å². The smallest absolute Gasteiger partial charge is 0.303 e. The minimum Gasteiger partial charge on any atom is -0.481 e. The number of hydrogen-bond acceptors (Lipinski definition) is 5. The lowest BCUT2D eigenvalue weighted by molar-refractivity contribution is -0.137. The fourth-order valence-corrected chi connectivity index (χ4v) is 4.12. The van der Waals surface area contributed by atoms with Gasteiger partial charge < -0.3 is 10.4 Å². The molecule has 0 aromatic heterocycles. The van der Waals surface area contributed by atoms with Crippen LogP contribution in [0.25, 0.3) is 6.08 Å². The van der Waals surface area contributed by atoms with E-state index in [1.54, 1.807) is 37.3 Å². The number of rotatable bonds is 9. The van der Waals surface area contributed by atoms with Crippen molar-refractivity contribution in [3.63, 3.8) is 0 Å². The number of hydrogen-bond donors (Lipinski definition) is 2. The Morgan fingerprint density at radius 2 is 1.96 bits per heavy atom. The molecule has 1 aromatic carbocycles. The second-order valence-electron chi connectivity index (χ2n) is 6.27. The molecule has 0 radical (unpaired) electrons. The molecule has 9 heteroatoms. The third-order valence-electron chi connectivity index (χ3n) is 4.12. The van der Waals surface area contributed by atoms with Gasteiger partial charge in [-0.3, -0.25) is 19.3 Å². The van der Waals surface area contributed by atoms with Crippen LogP contribution in [0.4, 0.5) is 0 Å². The van der Waals surface area contributed by atoms with Crippen molar-refractivity contribution in [2.45, 2.75) is 38.6 Å². The van der Waals surface area contributed by atoms with Gasteiger partial charge in [0.05, 0.1) is 4.91 Å². The van der Waals surface area contributed by atoms with Crippen molar-refractivity contribution in [2.75, 3.05) is 6.54 Å². The van der Waals surface area contributed by atoms with E-state index >= 15 is 0 Å². The Labute approximate surface area is 178 Å². The average Bonchev–Trinajstić information content (AvgIpc) is 2.92. The van der Waals surface area contributed by atoms with Crippen molar-refractivity contribution < 1.29 is 19.5 Å². The van der Waals surface area contributed by atoms with Gasteiger partial charge in [0.15, 0.2) is 0 Å². The van der Waals surface area contributed by atoms with E-state index in [2.05, 4.69) is 5.32 Å². The number of benzene rings is 1. The molecule has 1 aliphatic rings. The zero-order valence-corrected chi connectivity index (χ0v) is 17.7. The number of carboxylic acid groups (broad SMARTS) is 1. The Kier molecular flexibility index (Phi) is 8.47. The minimum absolute atomic E-state index is 0.126. The summed E-state index contributed by atoms with van der Waals surface area (Å²) in [6.45, 7) is 2.06. The van der Waals surface area contributed by atoms with Gasteiger partial charge >= 0.3 is 5.97 Å². The fourth-order valence-electron chi connectivity index (χ4n) is 2.58. The number of nitrogens with one attached hydrogen (secondary N) is 1. The van der Waals surface area contributed by atoms with Crippen molar-refractivity contribution >= 4 is 63.8 Å². The van der Waals surface area contributed by atoms with Gasteiger partial charge in [-0.2, -0.15) is 0 Å². The van der Waals surface area contributed by atoms with E-state index in [0.717, 1.165) is 17.3 Å². The Hall–Kier alpha value is -1.90. The summed E-state index contributed by atoms with van der Waals surface area (Å²) in [5.74, 6) is -1.41. The van der Waals surface area contributed by atoms with Crippen molar-refractivity contribution in [1.29, 1.82) is 0 Å². The van der Waals surface area contributed by atoms with Crippen LogP contribution in [0.1, 0.15) is 38.2 Å². The molecule has 0 aliphatic carbocycles. The molecule has 150 valence electrons. The fraction of sp³-hybridized carbons (Fsp3) is 0.368. The lowest BCUT2D eigenvalue weighted by atomic mass is 10.2. The third kappa shape index (κ3) is 6.32. The summed E-state index contributed by atoms with van der Waals surface area (Å²) in [6, 6.07) is 6.36. The summed E-state index contributed by atoms with van der Waals surface area (Å²) in [5, 5.41) is 12.0. The van der Waals surface area contributed by atoms with Crippen LogP contribution < -0.4 is 5.32 Å². The highest BCUT2D eigenvalue weighted by atomic mass is 35.5. The highest BCUT2D eigenvalue weighted by Crippen LogP contribution is 2.34. The topological polar surface area (TPSA) is 86.7 Å². The SMILES string of the molecule is CC(C(=O)NCCCCCC(=O)O)N1C(=O)/C(=C/c2ccc(Cl)cc2)SC1=S. The molecule has 2 rings (SSSR count). The van der Waals surface area contributed by atoms with E-state index in [1.165, 1.54) is 4.90 Å². The quantitative estimate of drug-likeness (QED) is 0.346. The molecular weight excluding hydrogens is 420 g/mol. The first-order chi connectivity index (χ1) is 13.3. The maximum Gasteiger partial charge on any atom is 0.303 e. The number of unbranched alkanes of at least 4 members (excludes halogenated alkanes) is 2. The van der Waals surface area contributed by atoms with E-state index in [1.807, 2.05) is 0 Å². The second-order valence-corrected chi connectivity index (χ2v) is 8.39. The van der Waals surface area contributed by atoms with E-state index in [9.17, 15) is 14.4 Å². The maximum atomic E-state index is 12.7. The highest BCUT2D eigenvalue weighted by Gasteiger charge is 2.38. The van der Waals surface area contributed by atoms with Gasteiger partial charge in [0.25, 0.3) is 5.91 Å². The van der Waals surface area contributed by atoms with E-state index in [0.29, 0.717) is 40.1 Å². The largest absolute Gasteiger partial charge is 0.481 e. The molecule has 1 aliphatic heterocycles. The standard InChI is InChI=1S/C19H21ClN2O4S2/c1-12(17(25)21-10-4-2-3-5-16(23)24)22-18(26)15(28-19(22)27)11-13-6-8-14(20)9-7-13/h6-9,11-12H,2-5,10H2,1H3,(H,21,25)(H,23,24)/b15-11-. The van der Waals surface area contributed by atoms with Crippen molar-refractivity contribution in [3.05, 3.63) is 39.8 Å². The maximum absolute atomic E-state index is 12.7. The van der Waals surface area contributed by atoms with Crippen LogP contribution in [0, 0.1) is 0 Å². The summed E-state index contributed by atoms with van der Waals surface area (Å²) in [6.07, 6.45) is 3.82. The van der Waals surface area contributed by atoms with Gasteiger partial charge in [0, 0.05) is 18.0 Å². The first-order valence-electron chi connectivity index (χ1n) is 8.81. The summed E-state index contributed by atoms with van der Waals surface area (Å²) in [4.78, 5) is 37.3. The number of carbonyl (C=O) groups is 3. The van der Waals surface area contributed by atoms with Gasteiger partial charge in [0.1, 0.15) is 10.4 Å². The number of halogens is 1. The van der Waals surface area contributed by atoms with E-state index in [4.69, 9.17) is 28.9 Å². The molecule has 28 heavy (non-hydrogen) atoms. The Morgan fingerprint density at radius 1 is 1.29 bits per heavy atom. The van der Waals surface area contributed by atoms with Crippen molar-refractivity contribution in [1.82, 2.24) is 10.2 Å². The number of carbonyl (C=O) groups excluding carboxylic acids is 2. The Morgan fingerprint density at radius 3 is 2.61 bits per heavy atom. The Bertz CT molecular complexity index is 796.